The first-order valence-corrected chi connectivity index (χ1v) is 14.5. The number of hydrogen-bond donors (Lipinski definition) is 1. The average molecular weight is 613 g/mol. The lowest BCUT2D eigenvalue weighted by atomic mass is 10.0. The van der Waals surface area contributed by atoms with Crippen LogP contribution < -0.4 is 0 Å². The largest absolute Gasteiger partial charge is 0.468 e. The van der Waals surface area contributed by atoms with E-state index in [4.69, 9.17) is 4.74 Å². The molecule has 3 aromatic carbocycles. The third-order valence-electron chi connectivity index (χ3n) is 7.13. The van der Waals surface area contributed by atoms with Gasteiger partial charge in [0.25, 0.3) is 10.1 Å². The summed E-state index contributed by atoms with van der Waals surface area (Å²) < 4.78 is 72.5. The number of methoxy groups -OCH3 is 2. The minimum absolute atomic E-state index is 0.0512. The molecule has 5 rings (SSSR count). The van der Waals surface area contributed by atoms with Crippen molar-refractivity contribution in [2.75, 3.05) is 14.2 Å². The molecule has 5 aromatic rings. The van der Waals surface area contributed by atoms with Crippen molar-refractivity contribution in [3.63, 3.8) is 0 Å². The van der Waals surface area contributed by atoms with Gasteiger partial charge in [-0.2, -0.15) is 8.42 Å². The van der Waals surface area contributed by atoms with E-state index in [9.17, 15) is 31.3 Å². The lowest BCUT2D eigenvalue weighted by Crippen LogP contribution is -2.12. The number of benzene rings is 3. The van der Waals surface area contributed by atoms with Gasteiger partial charge in [-0.3, -0.25) is 14.1 Å². The Labute approximate surface area is 247 Å². The topological polar surface area (TPSA) is 117 Å². The molecule has 12 heteroatoms. The third kappa shape index (κ3) is 6.92. The molecule has 0 bridgehead atoms. The second-order valence-electron chi connectivity index (χ2n) is 9.80. The minimum Gasteiger partial charge on any atom is -0.468 e. The van der Waals surface area contributed by atoms with Crippen molar-refractivity contribution < 1.29 is 40.8 Å². The van der Waals surface area contributed by atoms with E-state index in [-0.39, 0.29) is 36.2 Å². The Morgan fingerprint density at radius 1 is 0.814 bits per heavy atom. The van der Waals surface area contributed by atoms with Crippen LogP contribution in [-0.4, -0.2) is 48.3 Å². The molecule has 2 heterocycles. The number of carbonyl (C=O) groups excluding carboxylic acids is 2. The molecule has 0 aliphatic carbocycles. The fourth-order valence-corrected chi connectivity index (χ4v) is 5.74. The van der Waals surface area contributed by atoms with Crippen molar-refractivity contribution >= 4 is 43.9 Å². The summed E-state index contributed by atoms with van der Waals surface area (Å²) in [5.41, 5.74) is 4.12. The van der Waals surface area contributed by atoms with Crippen LogP contribution in [0.3, 0.4) is 0 Å². The lowest BCUT2D eigenvalue weighted by Gasteiger charge is -2.09. The number of halogens is 2. The number of aromatic nitrogens is 2. The molecular weight excluding hydrogens is 582 g/mol. The first-order valence-electron chi connectivity index (χ1n) is 13.1. The molecule has 0 amide bonds. The molecule has 0 radical (unpaired) electrons. The Balaban J connectivity index is 0.000000225. The highest BCUT2D eigenvalue weighted by atomic mass is 32.2. The molecule has 0 fully saturated rings. The van der Waals surface area contributed by atoms with Gasteiger partial charge in [0.15, 0.2) is 0 Å². The van der Waals surface area contributed by atoms with Crippen LogP contribution in [-0.2, 0) is 48.7 Å². The number of hydrogen-bond acceptors (Lipinski definition) is 6. The third-order valence-corrected chi connectivity index (χ3v) is 8.09. The standard InChI is InChI=1S/C19H18FNO5S.C12H12FNO2/c1-12-15(9-13-5-3-4-6-18(13)27(23,24)25)16-10-14(20)7-8-17(16)21(12)11-19(22)26-2;1-8-5-9-6-10(13)3-4-11(9)14(8)7-12(15)16-2/h3-8,10H,9,11H2,1-2H3,(H,23,24,25);3-6H,7H2,1-2H3. The normalized spacial score (nSPS) is 11.3. The molecule has 0 spiro atoms. The average Bonchev–Trinajstić information content (AvgIpc) is 3.40. The van der Waals surface area contributed by atoms with Crippen LogP contribution in [0.2, 0.25) is 0 Å². The van der Waals surface area contributed by atoms with E-state index in [1.54, 1.807) is 40.3 Å². The Morgan fingerprint density at radius 3 is 2.02 bits per heavy atom. The molecule has 0 unspecified atom stereocenters. The zero-order chi connectivity index (χ0) is 31.5. The minimum atomic E-state index is -4.40. The van der Waals surface area contributed by atoms with E-state index < -0.39 is 21.9 Å². The van der Waals surface area contributed by atoms with E-state index in [1.807, 2.05) is 13.0 Å². The van der Waals surface area contributed by atoms with Crippen LogP contribution in [0.15, 0.2) is 71.6 Å². The van der Waals surface area contributed by atoms with E-state index in [2.05, 4.69) is 4.74 Å². The fraction of sp³-hybridized carbons (Fsp3) is 0.226. The van der Waals surface area contributed by atoms with Gasteiger partial charge in [-0.1, -0.05) is 18.2 Å². The summed E-state index contributed by atoms with van der Waals surface area (Å²) >= 11 is 0. The SMILES string of the molecule is COC(=O)Cn1c(C)c(Cc2ccccc2S(=O)(=O)O)c2cc(F)ccc21.COC(=O)Cn1c(C)cc2cc(F)ccc21. The predicted octanol–water partition coefficient (Wildman–Crippen LogP) is 5.36. The maximum Gasteiger partial charge on any atom is 0.325 e. The zero-order valence-corrected chi connectivity index (χ0v) is 24.7. The Bertz CT molecular complexity index is 1940. The predicted molar refractivity (Wildman–Crippen MR) is 156 cm³/mol. The quantitative estimate of drug-likeness (QED) is 0.194. The number of carbonyl (C=O) groups is 2. The summed E-state index contributed by atoms with van der Waals surface area (Å²) in [5, 5.41) is 1.36. The highest BCUT2D eigenvalue weighted by Gasteiger charge is 2.21. The van der Waals surface area contributed by atoms with E-state index >= 15 is 0 Å². The van der Waals surface area contributed by atoms with E-state index in [1.165, 1.54) is 50.6 Å². The van der Waals surface area contributed by atoms with Crippen molar-refractivity contribution in [1.82, 2.24) is 9.13 Å². The number of nitrogens with zero attached hydrogens (tertiary/aromatic N) is 2. The first-order chi connectivity index (χ1) is 20.3. The van der Waals surface area contributed by atoms with Gasteiger partial charge in [0.1, 0.15) is 24.7 Å². The van der Waals surface area contributed by atoms with Gasteiger partial charge in [0.2, 0.25) is 0 Å². The number of rotatable bonds is 7. The van der Waals surface area contributed by atoms with Crippen molar-refractivity contribution in [2.45, 2.75) is 38.3 Å². The van der Waals surface area contributed by atoms with Gasteiger partial charge >= 0.3 is 11.9 Å². The molecule has 9 nitrogen and oxygen atoms in total. The highest BCUT2D eigenvalue weighted by molar-refractivity contribution is 7.85. The highest BCUT2D eigenvalue weighted by Crippen LogP contribution is 2.30. The van der Waals surface area contributed by atoms with Gasteiger partial charge in [0.05, 0.1) is 19.1 Å². The van der Waals surface area contributed by atoms with Gasteiger partial charge in [-0.15, -0.1) is 0 Å². The number of fused-ring (bicyclic) bond motifs is 2. The van der Waals surface area contributed by atoms with Crippen LogP contribution in [0.4, 0.5) is 8.78 Å². The summed E-state index contributed by atoms with van der Waals surface area (Å²) in [7, 11) is -1.76. The molecule has 0 aliphatic rings. The smallest absolute Gasteiger partial charge is 0.325 e. The summed E-state index contributed by atoms with van der Waals surface area (Å²) in [6, 6.07) is 16.6. The fourth-order valence-electron chi connectivity index (χ4n) is 5.02. The maximum absolute atomic E-state index is 13.9. The Morgan fingerprint density at radius 2 is 1.40 bits per heavy atom. The van der Waals surface area contributed by atoms with Gasteiger partial charge in [-0.05, 0) is 73.5 Å². The van der Waals surface area contributed by atoms with Gasteiger partial charge in [0, 0.05) is 39.6 Å². The summed E-state index contributed by atoms with van der Waals surface area (Å²) in [4.78, 5) is 22.8. The van der Waals surface area contributed by atoms with Gasteiger partial charge < -0.3 is 18.6 Å². The molecule has 1 N–H and O–H groups in total. The maximum atomic E-state index is 13.9. The Kier molecular flexibility index (Phi) is 9.31. The second kappa shape index (κ2) is 12.8. The summed E-state index contributed by atoms with van der Waals surface area (Å²) in [6.07, 6.45) is 0.149. The van der Waals surface area contributed by atoms with Crippen molar-refractivity contribution in [2.24, 2.45) is 0 Å². The van der Waals surface area contributed by atoms with Crippen LogP contribution in [0, 0.1) is 25.5 Å². The summed E-state index contributed by atoms with van der Waals surface area (Å²) in [5.74, 6) is -1.49. The molecule has 0 aliphatic heterocycles. The first kappa shape index (κ1) is 31.4. The van der Waals surface area contributed by atoms with Crippen LogP contribution in [0.5, 0.6) is 0 Å². The second-order valence-corrected chi connectivity index (χ2v) is 11.2. The summed E-state index contributed by atoms with van der Waals surface area (Å²) in [6.45, 7) is 3.74. The Hall–Kier alpha value is -4.55. The number of esters is 2. The van der Waals surface area contributed by atoms with Crippen molar-refractivity contribution in [3.8, 4) is 0 Å². The van der Waals surface area contributed by atoms with Crippen LogP contribution >= 0.6 is 0 Å². The van der Waals surface area contributed by atoms with E-state index in [0.29, 0.717) is 27.7 Å². The molecule has 226 valence electrons. The number of ether oxygens (including phenoxy) is 2. The van der Waals surface area contributed by atoms with Crippen LogP contribution in [0.1, 0.15) is 22.5 Å². The van der Waals surface area contributed by atoms with Gasteiger partial charge in [-0.25, -0.2) is 8.78 Å². The molecular formula is C31H30F2N2O7S. The molecule has 0 saturated carbocycles. The zero-order valence-electron chi connectivity index (χ0n) is 23.9. The monoisotopic (exact) mass is 612 g/mol. The van der Waals surface area contributed by atoms with Crippen molar-refractivity contribution in [3.05, 3.63) is 101 Å². The number of aryl methyl sites for hydroxylation is 1. The van der Waals surface area contributed by atoms with Crippen molar-refractivity contribution in [1.29, 1.82) is 0 Å². The lowest BCUT2D eigenvalue weighted by molar-refractivity contribution is -0.142. The van der Waals surface area contributed by atoms with E-state index in [0.717, 1.165) is 16.6 Å². The molecule has 0 atom stereocenters. The molecule has 2 aromatic heterocycles. The van der Waals surface area contributed by atoms with Crippen LogP contribution in [0.25, 0.3) is 21.8 Å². The molecule has 43 heavy (non-hydrogen) atoms. The molecule has 0 saturated heterocycles.